The van der Waals surface area contributed by atoms with Crippen LogP contribution in [0, 0.1) is 0 Å². The van der Waals surface area contributed by atoms with Crippen molar-refractivity contribution in [2.75, 3.05) is 6.61 Å². The average Bonchev–Trinajstić information content (AvgIpc) is 2.93. The zero-order valence-corrected chi connectivity index (χ0v) is 10.3. The predicted molar refractivity (Wildman–Crippen MR) is 65.2 cm³/mol. The SMILES string of the molecule is C[C@@]1(O)[C@H](O)[C@@H](CO)O[C@H]1c1ncc2cc[nH]c2n1. The lowest BCUT2D eigenvalue weighted by atomic mass is 9.92. The molecule has 1 fully saturated rings. The van der Waals surface area contributed by atoms with E-state index in [2.05, 4.69) is 15.0 Å². The van der Waals surface area contributed by atoms with E-state index in [1.54, 1.807) is 12.4 Å². The first kappa shape index (κ1) is 12.5. The molecule has 2 aromatic heterocycles. The van der Waals surface area contributed by atoms with Gasteiger partial charge in [-0.25, -0.2) is 9.97 Å². The van der Waals surface area contributed by atoms with Crippen LogP contribution in [-0.2, 0) is 4.74 Å². The van der Waals surface area contributed by atoms with E-state index >= 15 is 0 Å². The van der Waals surface area contributed by atoms with Crippen LogP contribution in [0.3, 0.4) is 0 Å². The molecule has 1 aliphatic rings. The molecule has 3 heterocycles. The minimum absolute atomic E-state index is 0.273. The van der Waals surface area contributed by atoms with Crippen LogP contribution in [0.5, 0.6) is 0 Å². The van der Waals surface area contributed by atoms with Crippen LogP contribution >= 0.6 is 0 Å². The summed E-state index contributed by atoms with van der Waals surface area (Å²) in [5, 5.41) is 30.2. The molecule has 0 amide bonds. The van der Waals surface area contributed by atoms with Crippen LogP contribution in [0.1, 0.15) is 18.9 Å². The number of aliphatic hydroxyl groups excluding tert-OH is 2. The van der Waals surface area contributed by atoms with Crippen LogP contribution < -0.4 is 0 Å². The number of hydrogen-bond donors (Lipinski definition) is 4. The third kappa shape index (κ3) is 1.82. The van der Waals surface area contributed by atoms with Crippen molar-refractivity contribution in [1.82, 2.24) is 15.0 Å². The summed E-state index contributed by atoms with van der Waals surface area (Å²) in [7, 11) is 0. The smallest absolute Gasteiger partial charge is 0.162 e. The van der Waals surface area contributed by atoms with Gasteiger partial charge in [-0.2, -0.15) is 0 Å². The summed E-state index contributed by atoms with van der Waals surface area (Å²) in [6.07, 6.45) is 0.440. The molecule has 0 aromatic carbocycles. The Labute approximate surface area is 108 Å². The van der Waals surface area contributed by atoms with Gasteiger partial charge in [0.2, 0.25) is 0 Å². The Morgan fingerprint density at radius 3 is 3.00 bits per heavy atom. The minimum atomic E-state index is -1.55. The summed E-state index contributed by atoms with van der Waals surface area (Å²) in [5.41, 5.74) is -0.917. The van der Waals surface area contributed by atoms with Crippen molar-refractivity contribution in [3.05, 3.63) is 24.3 Å². The predicted octanol–water partition coefficient (Wildman–Crippen LogP) is -0.498. The summed E-state index contributed by atoms with van der Waals surface area (Å²) in [5.74, 6) is 0.273. The number of rotatable bonds is 2. The number of nitrogens with one attached hydrogen (secondary N) is 1. The van der Waals surface area contributed by atoms with E-state index in [-0.39, 0.29) is 12.4 Å². The van der Waals surface area contributed by atoms with Crippen LogP contribution in [0.4, 0.5) is 0 Å². The number of ether oxygens (including phenoxy) is 1. The van der Waals surface area contributed by atoms with E-state index in [0.717, 1.165) is 5.39 Å². The Morgan fingerprint density at radius 2 is 2.32 bits per heavy atom. The van der Waals surface area contributed by atoms with E-state index in [1.165, 1.54) is 6.92 Å². The first-order valence-electron chi connectivity index (χ1n) is 6.01. The number of aromatic nitrogens is 3. The standard InChI is InChI=1S/C12H15N3O4/c1-12(18)8(17)7(5-16)19-9(12)11-14-4-6-2-3-13-10(6)15-11/h2-4,7-9,16-18H,5H2,1H3,(H,13,14,15)/t7-,8-,9+,12-/m1/s1. The highest BCUT2D eigenvalue weighted by Crippen LogP contribution is 2.40. The molecule has 2 aromatic rings. The molecule has 0 radical (unpaired) electrons. The quantitative estimate of drug-likeness (QED) is 0.582. The third-order valence-electron chi connectivity index (χ3n) is 3.53. The molecule has 7 nitrogen and oxygen atoms in total. The molecule has 1 aliphatic heterocycles. The number of H-pyrrole nitrogens is 1. The Hall–Kier alpha value is -1.54. The largest absolute Gasteiger partial charge is 0.394 e. The van der Waals surface area contributed by atoms with Gasteiger partial charge in [-0.05, 0) is 13.0 Å². The van der Waals surface area contributed by atoms with Crippen molar-refractivity contribution in [1.29, 1.82) is 0 Å². The molecule has 1 saturated heterocycles. The van der Waals surface area contributed by atoms with Crippen molar-refractivity contribution < 1.29 is 20.1 Å². The number of aromatic amines is 1. The van der Waals surface area contributed by atoms with Crippen molar-refractivity contribution in [2.45, 2.75) is 30.8 Å². The topological polar surface area (TPSA) is 111 Å². The highest BCUT2D eigenvalue weighted by molar-refractivity contribution is 5.73. The van der Waals surface area contributed by atoms with Crippen molar-refractivity contribution >= 4 is 11.0 Å². The number of hydrogen-bond acceptors (Lipinski definition) is 6. The van der Waals surface area contributed by atoms with Crippen LogP contribution in [-0.4, -0.2) is 54.7 Å². The third-order valence-corrected chi connectivity index (χ3v) is 3.53. The van der Waals surface area contributed by atoms with Crippen LogP contribution in [0.2, 0.25) is 0 Å². The zero-order chi connectivity index (χ0) is 13.6. The van der Waals surface area contributed by atoms with E-state index in [4.69, 9.17) is 9.84 Å². The Kier molecular flexibility index (Phi) is 2.79. The molecular formula is C12H15N3O4. The number of fused-ring (bicyclic) bond motifs is 1. The summed E-state index contributed by atoms with van der Waals surface area (Å²) in [6, 6.07) is 1.83. The van der Waals surface area contributed by atoms with Gasteiger partial charge in [0.15, 0.2) is 5.82 Å². The lowest BCUT2D eigenvalue weighted by Gasteiger charge is -2.25. The second kappa shape index (κ2) is 4.24. The maximum absolute atomic E-state index is 10.3. The maximum Gasteiger partial charge on any atom is 0.162 e. The normalized spacial score (nSPS) is 35.1. The monoisotopic (exact) mass is 265 g/mol. The molecule has 4 atom stereocenters. The van der Waals surface area contributed by atoms with Crippen molar-refractivity contribution in [2.24, 2.45) is 0 Å². The zero-order valence-electron chi connectivity index (χ0n) is 10.3. The van der Waals surface area contributed by atoms with Gasteiger partial charge in [0.05, 0.1) is 6.61 Å². The second-order valence-electron chi connectivity index (χ2n) is 4.92. The maximum atomic E-state index is 10.3. The van der Waals surface area contributed by atoms with Gasteiger partial charge < -0.3 is 25.0 Å². The molecule has 19 heavy (non-hydrogen) atoms. The molecule has 0 unspecified atom stereocenters. The molecule has 7 heteroatoms. The molecule has 4 N–H and O–H groups in total. The van der Waals surface area contributed by atoms with Crippen molar-refractivity contribution in [3.63, 3.8) is 0 Å². The van der Waals surface area contributed by atoms with E-state index in [1.807, 2.05) is 6.07 Å². The molecule has 102 valence electrons. The average molecular weight is 265 g/mol. The van der Waals surface area contributed by atoms with Gasteiger partial charge in [-0.3, -0.25) is 0 Å². The van der Waals surface area contributed by atoms with Crippen LogP contribution in [0.25, 0.3) is 11.0 Å². The first-order chi connectivity index (χ1) is 9.04. The highest BCUT2D eigenvalue weighted by atomic mass is 16.6. The molecule has 0 saturated carbocycles. The lowest BCUT2D eigenvalue weighted by molar-refractivity contribution is -0.0673. The fourth-order valence-corrected chi connectivity index (χ4v) is 2.36. The Bertz CT molecular complexity index is 597. The van der Waals surface area contributed by atoms with E-state index in [9.17, 15) is 10.2 Å². The summed E-state index contributed by atoms with van der Waals surface area (Å²) in [6.45, 7) is 1.07. The Morgan fingerprint density at radius 1 is 1.53 bits per heavy atom. The summed E-state index contributed by atoms with van der Waals surface area (Å²) in [4.78, 5) is 11.4. The fraction of sp³-hybridized carbons (Fsp3) is 0.500. The number of aliphatic hydroxyl groups is 3. The summed E-state index contributed by atoms with van der Waals surface area (Å²) >= 11 is 0. The van der Waals surface area contributed by atoms with Gasteiger partial charge in [0, 0.05) is 17.8 Å². The molecular weight excluding hydrogens is 250 g/mol. The van der Waals surface area contributed by atoms with Gasteiger partial charge in [0.25, 0.3) is 0 Å². The minimum Gasteiger partial charge on any atom is -0.394 e. The fourth-order valence-electron chi connectivity index (χ4n) is 2.36. The van der Waals surface area contributed by atoms with Gasteiger partial charge >= 0.3 is 0 Å². The van der Waals surface area contributed by atoms with Gasteiger partial charge in [-0.1, -0.05) is 0 Å². The first-order valence-corrected chi connectivity index (χ1v) is 6.01. The van der Waals surface area contributed by atoms with Gasteiger partial charge in [-0.15, -0.1) is 0 Å². The molecule has 0 spiro atoms. The second-order valence-corrected chi connectivity index (χ2v) is 4.92. The Balaban J connectivity index is 2.00. The van der Waals surface area contributed by atoms with Crippen molar-refractivity contribution in [3.8, 4) is 0 Å². The van der Waals surface area contributed by atoms with Crippen LogP contribution in [0.15, 0.2) is 18.5 Å². The molecule has 0 aliphatic carbocycles. The molecule has 0 bridgehead atoms. The number of nitrogens with zero attached hydrogens (tertiary/aromatic N) is 2. The summed E-state index contributed by atoms with van der Waals surface area (Å²) < 4.78 is 5.46. The van der Waals surface area contributed by atoms with E-state index in [0.29, 0.717) is 5.65 Å². The van der Waals surface area contributed by atoms with Gasteiger partial charge in [0.1, 0.15) is 29.6 Å². The molecule has 3 rings (SSSR count). The lowest BCUT2D eigenvalue weighted by Crippen LogP contribution is -2.43. The van der Waals surface area contributed by atoms with E-state index < -0.39 is 23.9 Å². The highest BCUT2D eigenvalue weighted by Gasteiger charge is 2.53.